The van der Waals surface area contributed by atoms with E-state index in [9.17, 15) is 4.39 Å². The lowest BCUT2D eigenvalue weighted by Gasteiger charge is -2.13. The minimum absolute atomic E-state index is 0.253. The van der Waals surface area contributed by atoms with Crippen molar-refractivity contribution in [2.24, 2.45) is 0 Å². The van der Waals surface area contributed by atoms with Crippen molar-refractivity contribution in [2.45, 2.75) is 65.3 Å². The van der Waals surface area contributed by atoms with Crippen LogP contribution in [-0.4, -0.2) is 13.2 Å². The van der Waals surface area contributed by atoms with Crippen molar-refractivity contribution < 1.29 is 9.13 Å². The third kappa shape index (κ3) is 7.47. The summed E-state index contributed by atoms with van der Waals surface area (Å²) < 4.78 is 19.6. The maximum absolute atomic E-state index is 13.9. The highest BCUT2D eigenvalue weighted by molar-refractivity contribution is 5.34. The normalized spacial score (nSPS) is 10.8. The van der Waals surface area contributed by atoms with Crippen LogP contribution in [-0.2, 0) is 6.54 Å². The lowest BCUT2D eigenvalue weighted by atomic mass is 10.1. The first-order valence-corrected chi connectivity index (χ1v) is 8.40. The van der Waals surface area contributed by atoms with Gasteiger partial charge in [-0.2, -0.15) is 0 Å². The van der Waals surface area contributed by atoms with E-state index in [1.165, 1.54) is 31.7 Å². The number of para-hydroxylation sites is 1. The third-order valence-electron chi connectivity index (χ3n) is 3.54. The molecule has 120 valence electrons. The topological polar surface area (TPSA) is 21.3 Å². The Morgan fingerprint density at radius 3 is 2.52 bits per heavy atom. The Balaban J connectivity index is 2.35. The molecule has 0 radical (unpaired) electrons. The fourth-order valence-electron chi connectivity index (χ4n) is 2.31. The van der Waals surface area contributed by atoms with Gasteiger partial charge in [0.1, 0.15) is 0 Å². The molecule has 1 aromatic rings. The number of rotatable bonds is 12. The van der Waals surface area contributed by atoms with E-state index >= 15 is 0 Å². The Labute approximate surface area is 129 Å². The van der Waals surface area contributed by atoms with Crippen molar-refractivity contribution in [1.29, 1.82) is 0 Å². The molecule has 0 aliphatic rings. The zero-order chi connectivity index (χ0) is 15.3. The Morgan fingerprint density at radius 2 is 1.76 bits per heavy atom. The number of unbranched alkanes of at least 4 members (excludes halogenated alkanes) is 5. The number of hydrogen-bond acceptors (Lipinski definition) is 2. The van der Waals surface area contributed by atoms with Gasteiger partial charge in [0.05, 0.1) is 6.61 Å². The van der Waals surface area contributed by atoms with Crippen molar-refractivity contribution in [1.82, 2.24) is 5.32 Å². The molecule has 0 atom stereocenters. The molecule has 0 heterocycles. The van der Waals surface area contributed by atoms with Crippen LogP contribution in [0.3, 0.4) is 0 Å². The highest BCUT2D eigenvalue weighted by Crippen LogP contribution is 2.23. The molecule has 0 amide bonds. The Kier molecular flexibility index (Phi) is 9.88. The lowest BCUT2D eigenvalue weighted by Crippen LogP contribution is -2.15. The molecule has 0 fully saturated rings. The van der Waals surface area contributed by atoms with Crippen LogP contribution in [0.1, 0.15) is 64.4 Å². The highest BCUT2D eigenvalue weighted by Gasteiger charge is 2.09. The fourth-order valence-corrected chi connectivity index (χ4v) is 2.31. The molecule has 0 aliphatic heterocycles. The molecule has 0 bridgehead atoms. The first-order valence-electron chi connectivity index (χ1n) is 8.40. The predicted octanol–water partition coefficient (Wildman–Crippen LogP) is 5.06. The van der Waals surface area contributed by atoms with Gasteiger partial charge in [-0.15, -0.1) is 0 Å². The first kappa shape index (κ1) is 18.0. The molecule has 0 aromatic heterocycles. The summed E-state index contributed by atoms with van der Waals surface area (Å²) >= 11 is 0. The monoisotopic (exact) mass is 295 g/mol. The van der Waals surface area contributed by atoms with E-state index < -0.39 is 0 Å². The summed E-state index contributed by atoms with van der Waals surface area (Å²) in [7, 11) is 0. The maximum atomic E-state index is 13.9. The van der Waals surface area contributed by atoms with E-state index in [1.807, 2.05) is 6.07 Å². The number of benzene rings is 1. The van der Waals surface area contributed by atoms with E-state index in [2.05, 4.69) is 19.2 Å². The molecule has 21 heavy (non-hydrogen) atoms. The molecule has 1 aromatic carbocycles. The SMILES string of the molecule is CCCCCCCCOc1c(F)cccc1CNCCC. The van der Waals surface area contributed by atoms with Gasteiger partial charge in [0.25, 0.3) is 0 Å². The second kappa shape index (κ2) is 11.6. The van der Waals surface area contributed by atoms with Crippen LogP contribution in [0.5, 0.6) is 5.75 Å². The minimum atomic E-state index is -0.253. The maximum Gasteiger partial charge on any atom is 0.165 e. The molecule has 0 unspecified atom stereocenters. The van der Waals surface area contributed by atoms with E-state index in [0.717, 1.165) is 31.4 Å². The van der Waals surface area contributed by atoms with Crippen LogP contribution in [0.25, 0.3) is 0 Å². The van der Waals surface area contributed by atoms with Gasteiger partial charge >= 0.3 is 0 Å². The molecule has 0 saturated carbocycles. The van der Waals surface area contributed by atoms with E-state index in [-0.39, 0.29) is 5.82 Å². The minimum Gasteiger partial charge on any atom is -0.490 e. The zero-order valence-electron chi connectivity index (χ0n) is 13.6. The van der Waals surface area contributed by atoms with Crippen LogP contribution in [0.4, 0.5) is 4.39 Å². The van der Waals surface area contributed by atoms with Gasteiger partial charge in [-0.25, -0.2) is 4.39 Å². The molecule has 1 N–H and O–H groups in total. The van der Waals surface area contributed by atoms with Crippen molar-refractivity contribution >= 4 is 0 Å². The second-order valence-corrected chi connectivity index (χ2v) is 5.52. The summed E-state index contributed by atoms with van der Waals surface area (Å²) in [5.41, 5.74) is 0.912. The van der Waals surface area contributed by atoms with Gasteiger partial charge < -0.3 is 10.1 Å². The van der Waals surface area contributed by atoms with Crippen molar-refractivity contribution in [3.63, 3.8) is 0 Å². The Bertz CT molecular complexity index is 381. The van der Waals surface area contributed by atoms with Crippen molar-refractivity contribution in [3.8, 4) is 5.75 Å². The molecular weight excluding hydrogens is 265 g/mol. The summed E-state index contributed by atoms with van der Waals surface area (Å²) in [6, 6.07) is 5.15. The first-order chi connectivity index (χ1) is 10.3. The lowest BCUT2D eigenvalue weighted by molar-refractivity contribution is 0.286. The summed E-state index contributed by atoms with van der Waals surface area (Å²) in [6.07, 6.45) is 8.35. The fraction of sp³-hybridized carbons (Fsp3) is 0.667. The number of halogens is 1. The number of nitrogens with one attached hydrogen (secondary N) is 1. The zero-order valence-corrected chi connectivity index (χ0v) is 13.6. The van der Waals surface area contributed by atoms with Gasteiger partial charge in [0.2, 0.25) is 0 Å². The van der Waals surface area contributed by atoms with Crippen molar-refractivity contribution in [2.75, 3.05) is 13.2 Å². The predicted molar refractivity (Wildman–Crippen MR) is 87.3 cm³/mol. The van der Waals surface area contributed by atoms with Crippen molar-refractivity contribution in [3.05, 3.63) is 29.6 Å². The summed E-state index contributed by atoms with van der Waals surface area (Å²) in [6.45, 7) is 6.54. The van der Waals surface area contributed by atoms with Gasteiger partial charge in [0, 0.05) is 12.1 Å². The number of ether oxygens (including phenoxy) is 1. The van der Waals surface area contributed by atoms with Crippen LogP contribution in [0.15, 0.2) is 18.2 Å². The molecule has 2 nitrogen and oxygen atoms in total. The molecule has 0 spiro atoms. The molecule has 3 heteroatoms. The van der Waals surface area contributed by atoms with Crippen LogP contribution in [0, 0.1) is 5.82 Å². The van der Waals surface area contributed by atoms with Gasteiger partial charge in [-0.1, -0.05) is 58.1 Å². The largest absolute Gasteiger partial charge is 0.490 e. The molecule has 0 saturated heterocycles. The Morgan fingerprint density at radius 1 is 1.00 bits per heavy atom. The van der Waals surface area contributed by atoms with E-state index in [0.29, 0.717) is 18.9 Å². The van der Waals surface area contributed by atoms with Crippen LogP contribution >= 0.6 is 0 Å². The standard InChI is InChI=1S/C18H30FNO/c1-3-5-6-7-8-9-14-21-18-16(15-20-13-4-2)11-10-12-17(18)19/h10-12,20H,3-9,13-15H2,1-2H3. The quantitative estimate of drug-likeness (QED) is 0.544. The average molecular weight is 295 g/mol. The summed E-state index contributed by atoms with van der Waals surface area (Å²) in [5, 5.41) is 3.30. The molecule has 1 rings (SSSR count). The molecule has 0 aliphatic carbocycles. The molecular formula is C18H30FNO. The third-order valence-corrected chi connectivity index (χ3v) is 3.54. The highest BCUT2D eigenvalue weighted by atomic mass is 19.1. The average Bonchev–Trinajstić information content (AvgIpc) is 2.49. The second-order valence-electron chi connectivity index (χ2n) is 5.52. The van der Waals surface area contributed by atoms with Gasteiger partial charge in [-0.3, -0.25) is 0 Å². The van der Waals surface area contributed by atoms with Gasteiger partial charge in [-0.05, 0) is 25.5 Å². The number of hydrogen-bond donors (Lipinski definition) is 1. The van der Waals surface area contributed by atoms with Crippen LogP contribution in [0.2, 0.25) is 0 Å². The van der Waals surface area contributed by atoms with E-state index in [4.69, 9.17) is 4.74 Å². The smallest absolute Gasteiger partial charge is 0.165 e. The van der Waals surface area contributed by atoms with Gasteiger partial charge in [0.15, 0.2) is 11.6 Å². The summed E-state index contributed by atoms with van der Waals surface area (Å²) in [5.74, 6) is 0.173. The Hall–Kier alpha value is -1.09. The van der Waals surface area contributed by atoms with E-state index in [1.54, 1.807) is 6.07 Å². The van der Waals surface area contributed by atoms with Crippen LogP contribution < -0.4 is 10.1 Å². The summed E-state index contributed by atoms with van der Waals surface area (Å²) in [4.78, 5) is 0.